The van der Waals surface area contributed by atoms with E-state index in [2.05, 4.69) is 40.6 Å². The summed E-state index contributed by atoms with van der Waals surface area (Å²) in [5.41, 5.74) is 0.582. The zero-order chi connectivity index (χ0) is 17.5. The molecule has 0 aromatic carbocycles. The Hall–Kier alpha value is -0.210. The molecule has 1 aliphatic heterocycles. The van der Waals surface area contributed by atoms with Gasteiger partial charge in [0.2, 0.25) is 0 Å². The van der Waals surface area contributed by atoms with Gasteiger partial charge in [0.05, 0.1) is 6.10 Å². The molecule has 0 aromatic heterocycles. The molecule has 1 saturated carbocycles. The number of fused-ring (bicyclic) bond motifs is 1. The van der Waals surface area contributed by atoms with Crippen molar-refractivity contribution >= 4 is 9.24 Å². The summed E-state index contributed by atoms with van der Waals surface area (Å²) in [6, 6.07) is 0.379. The van der Waals surface area contributed by atoms with Crippen LogP contribution in [0.2, 0.25) is 0 Å². The third kappa shape index (κ3) is 5.39. The fourth-order valence-electron chi connectivity index (χ4n) is 3.67. The van der Waals surface area contributed by atoms with Gasteiger partial charge in [-0.15, -0.1) is 9.24 Å². The first-order valence-corrected chi connectivity index (χ1v) is 9.75. The predicted molar refractivity (Wildman–Crippen MR) is 103 cm³/mol. The maximum Gasteiger partial charge on any atom is 0.106 e. The molecule has 2 aliphatic rings. The Labute approximate surface area is 145 Å². The fraction of sp³-hybridized carbons (Fsp3) is 0.789. The van der Waals surface area contributed by atoms with Crippen LogP contribution in [0.15, 0.2) is 23.0 Å². The maximum absolute atomic E-state index is 11.1. The zero-order valence-electron chi connectivity index (χ0n) is 15.6. The third-order valence-electron chi connectivity index (χ3n) is 4.89. The molecule has 0 spiro atoms. The van der Waals surface area contributed by atoms with Gasteiger partial charge < -0.3 is 15.2 Å². The van der Waals surface area contributed by atoms with E-state index in [1.54, 1.807) is 0 Å². The maximum atomic E-state index is 11.1. The van der Waals surface area contributed by atoms with Gasteiger partial charge in [0.15, 0.2) is 0 Å². The SMILES string of the molecule is C/C=C(P)\C(C)=C/C(C)NC1CCC[C@@H]2OCCC[C@]12O.CC. The zero-order valence-corrected chi connectivity index (χ0v) is 16.7. The van der Waals surface area contributed by atoms with Crippen LogP contribution >= 0.6 is 9.24 Å². The normalized spacial score (nSPS) is 33.3. The molecule has 4 heteroatoms. The van der Waals surface area contributed by atoms with Gasteiger partial charge in [-0.05, 0) is 63.8 Å². The average molecular weight is 341 g/mol. The molecule has 1 heterocycles. The van der Waals surface area contributed by atoms with Gasteiger partial charge in [-0.25, -0.2) is 0 Å². The second-order valence-electron chi connectivity index (χ2n) is 6.49. The first kappa shape index (κ1) is 20.8. The third-order valence-corrected chi connectivity index (χ3v) is 5.68. The summed E-state index contributed by atoms with van der Waals surface area (Å²) in [6.07, 6.45) is 9.32. The highest BCUT2D eigenvalue weighted by Crippen LogP contribution is 2.37. The summed E-state index contributed by atoms with van der Waals surface area (Å²) in [7, 11) is 2.77. The fourth-order valence-corrected chi connectivity index (χ4v) is 3.76. The molecule has 0 amide bonds. The lowest BCUT2D eigenvalue weighted by molar-refractivity contribution is -0.177. The Morgan fingerprint density at radius 3 is 2.70 bits per heavy atom. The van der Waals surface area contributed by atoms with Crippen molar-refractivity contribution in [2.45, 2.75) is 90.5 Å². The summed E-state index contributed by atoms with van der Waals surface area (Å²) >= 11 is 0. The van der Waals surface area contributed by atoms with E-state index in [1.807, 2.05) is 20.8 Å². The first-order chi connectivity index (χ1) is 11.0. The first-order valence-electron chi connectivity index (χ1n) is 9.18. The van der Waals surface area contributed by atoms with E-state index in [0.717, 1.165) is 38.7 Å². The van der Waals surface area contributed by atoms with Crippen LogP contribution in [0.25, 0.3) is 0 Å². The van der Waals surface area contributed by atoms with Gasteiger partial charge >= 0.3 is 0 Å². The van der Waals surface area contributed by atoms with Crippen LogP contribution in [0.3, 0.4) is 0 Å². The van der Waals surface area contributed by atoms with Crippen molar-refractivity contribution in [3.05, 3.63) is 23.0 Å². The van der Waals surface area contributed by atoms with Crippen molar-refractivity contribution in [1.82, 2.24) is 5.32 Å². The topological polar surface area (TPSA) is 41.5 Å². The van der Waals surface area contributed by atoms with Gasteiger partial charge in [0, 0.05) is 18.7 Å². The number of aliphatic hydroxyl groups is 1. The van der Waals surface area contributed by atoms with Gasteiger partial charge in [0.1, 0.15) is 5.60 Å². The summed E-state index contributed by atoms with van der Waals surface area (Å²) in [4.78, 5) is 0. The second-order valence-corrected chi connectivity index (χ2v) is 7.11. The molecule has 1 saturated heterocycles. The van der Waals surface area contributed by atoms with Crippen molar-refractivity contribution in [1.29, 1.82) is 0 Å². The van der Waals surface area contributed by atoms with E-state index in [-0.39, 0.29) is 18.2 Å². The largest absolute Gasteiger partial charge is 0.386 e. The molecule has 2 rings (SSSR count). The highest BCUT2D eigenvalue weighted by molar-refractivity contribution is 7.23. The van der Waals surface area contributed by atoms with Crippen molar-refractivity contribution in [2.75, 3.05) is 6.61 Å². The summed E-state index contributed by atoms with van der Waals surface area (Å²) in [6.45, 7) is 11.1. The monoisotopic (exact) mass is 341 g/mol. The number of hydrogen-bond acceptors (Lipinski definition) is 3. The predicted octanol–water partition coefficient (Wildman–Crippen LogP) is 4.18. The molecule has 3 unspecified atom stereocenters. The minimum Gasteiger partial charge on any atom is -0.386 e. The van der Waals surface area contributed by atoms with E-state index in [1.165, 1.54) is 10.9 Å². The Bertz CT molecular complexity index is 420. The van der Waals surface area contributed by atoms with Crippen LogP contribution < -0.4 is 5.32 Å². The standard InChI is InChI=1S/C17H30NO2P.C2H6/c1-4-14(21)12(2)11-13(3)18-15-7-5-8-16-17(15,19)9-6-10-20-16;1-2/h4,11,13,15-16,18-19H,5-10,21H2,1-3H3;1-2H3/b12-11-,14-4+;/t13?,15?,16-,17-;/m0./s1. The van der Waals surface area contributed by atoms with E-state index < -0.39 is 5.60 Å². The lowest BCUT2D eigenvalue weighted by Gasteiger charge is -2.49. The molecular weight excluding hydrogens is 305 g/mol. The molecule has 2 N–H and O–H groups in total. The van der Waals surface area contributed by atoms with Gasteiger partial charge in [-0.1, -0.05) is 26.0 Å². The lowest BCUT2D eigenvalue weighted by Crippen LogP contribution is -2.63. The van der Waals surface area contributed by atoms with Gasteiger partial charge in [-0.2, -0.15) is 0 Å². The number of nitrogens with one attached hydrogen (secondary N) is 1. The van der Waals surface area contributed by atoms with Gasteiger partial charge in [0.25, 0.3) is 0 Å². The molecule has 0 bridgehead atoms. The molecule has 5 atom stereocenters. The van der Waals surface area contributed by atoms with Crippen LogP contribution in [0.1, 0.15) is 66.7 Å². The smallest absolute Gasteiger partial charge is 0.106 e. The minimum absolute atomic E-state index is 0.0163. The van der Waals surface area contributed by atoms with E-state index in [4.69, 9.17) is 4.74 Å². The lowest BCUT2D eigenvalue weighted by atomic mass is 9.73. The van der Waals surface area contributed by atoms with Crippen LogP contribution in [-0.2, 0) is 4.74 Å². The van der Waals surface area contributed by atoms with Crippen molar-refractivity contribution in [2.24, 2.45) is 0 Å². The Kier molecular flexibility index (Phi) is 9.00. The summed E-state index contributed by atoms with van der Waals surface area (Å²) in [5, 5.41) is 15.9. The molecule has 0 radical (unpaired) electrons. The van der Waals surface area contributed by atoms with E-state index in [0.29, 0.717) is 0 Å². The minimum atomic E-state index is -0.684. The summed E-state index contributed by atoms with van der Waals surface area (Å²) in [5.74, 6) is 0. The highest BCUT2D eigenvalue weighted by Gasteiger charge is 2.48. The molecular formula is C19H36NO2P. The quantitative estimate of drug-likeness (QED) is 0.595. The average Bonchev–Trinajstić information content (AvgIpc) is 2.56. The Morgan fingerprint density at radius 1 is 1.35 bits per heavy atom. The van der Waals surface area contributed by atoms with E-state index >= 15 is 0 Å². The van der Waals surface area contributed by atoms with Crippen LogP contribution in [-0.4, -0.2) is 35.5 Å². The van der Waals surface area contributed by atoms with Gasteiger partial charge in [-0.3, -0.25) is 0 Å². The summed E-state index contributed by atoms with van der Waals surface area (Å²) < 4.78 is 5.82. The Balaban J connectivity index is 0.00000127. The van der Waals surface area contributed by atoms with Crippen LogP contribution in [0.4, 0.5) is 0 Å². The van der Waals surface area contributed by atoms with Crippen LogP contribution in [0, 0.1) is 0 Å². The molecule has 0 aromatic rings. The number of allylic oxidation sites excluding steroid dienone is 3. The molecule has 1 aliphatic carbocycles. The van der Waals surface area contributed by atoms with Crippen molar-refractivity contribution in [3.8, 4) is 0 Å². The molecule has 3 nitrogen and oxygen atoms in total. The van der Waals surface area contributed by atoms with Crippen molar-refractivity contribution < 1.29 is 9.84 Å². The Morgan fingerprint density at radius 2 is 2.04 bits per heavy atom. The number of rotatable bonds is 4. The molecule has 134 valence electrons. The second kappa shape index (κ2) is 9.93. The highest BCUT2D eigenvalue weighted by atomic mass is 31.0. The van der Waals surface area contributed by atoms with E-state index in [9.17, 15) is 5.11 Å². The molecule has 23 heavy (non-hydrogen) atoms. The molecule has 2 fully saturated rings. The van der Waals surface area contributed by atoms with Crippen LogP contribution in [0.5, 0.6) is 0 Å². The van der Waals surface area contributed by atoms with Crippen molar-refractivity contribution in [3.63, 3.8) is 0 Å². The number of ether oxygens (including phenoxy) is 1. The number of hydrogen-bond donors (Lipinski definition) is 2.